The fourth-order valence-corrected chi connectivity index (χ4v) is 3.43. The van der Waals surface area contributed by atoms with Gasteiger partial charge in [-0.2, -0.15) is 0 Å². The number of thiazole rings is 1. The summed E-state index contributed by atoms with van der Waals surface area (Å²) in [6.07, 6.45) is 5.59. The van der Waals surface area contributed by atoms with Crippen molar-refractivity contribution in [2.75, 3.05) is 17.6 Å². The van der Waals surface area contributed by atoms with Gasteiger partial charge < -0.3 is 16.4 Å². The number of hydrogen-bond acceptors (Lipinski definition) is 5. The Morgan fingerprint density at radius 2 is 2.30 bits per heavy atom. The van der Waals surface area contributed by atoms with E-state index in [-0.39, 0.29) is 11.9 Å². The van der Waals surface area contributed by atoms with Crippen molar-refractivity contribution in [3.63, 3.8) is 0 Å². The van der Waals surface area contributed by atoms with Crippen LogP contribution in [0.2, 0.25) is 0 Å². The zero-order valence-electron chi connectivity index (χ0n) is 12.2. The van der Waals surface area contributed by atoms with Gasteiger partial charge in [0, 0.05) is 12.6 Å². The molecule has 1 amide bonds. The third kappa shape index (κ3) is 3.85. The molecule has 1 aliphatic carbocycles. The Balaban J connectivity index is 1.96. The number of nitrogens with zero attached hydrogens (tertiary/aromatic N) is 1. The third-order valence-electron chi connectivity index (χ3n) is 3.66. The summed E-state index contributed by atoms with van der Waals surface area (Å²) in [6.45, 7) is 5.17. The van der Waals surface area contributed by atoms with Gasteiger partial charge in [-0.25, -0.2) is 4.98 Å². The summed E-state index contributed by atoms with van der Waals surface area (Å²) in [7, 11) is 0. The molecule has 6 heteroatoms. The number of nitrogens with two attached hydrogens (primary N) is 1. The van der Waals surface area contributed by atoms with Crippen molar-refractivity contribution in [1.29, 1.82) is 0 Å². The van der Waals surface area contributed by atoms with E-state index >= 15 is 0 Å². The number of aromatic nitrogens is 1. The topological polar surface area (TPSA) is 80.0 Å². The molecular formula is C14H24N4OS. The maximum absolute atomic E-state index is 12.3. The van der Waals surface area contributed by atoms with Crippen molar-refractivity contribution >= 4 is 28.2 Å². The number of hydrogen-bond donors (Lipinski definition) is 3. The molecule has 2 atom stereocenters. The maximum Gasteiger partial charge on any atom is 0.265 e. The molecule has 112 valence electrons. The minimum absolute atomic E-state index is 0.0800. The van der Waals surface area contributed by atoms with Crippen LogP contribution in [-0.4, -0.2) is 23.5 Å². The lowest BCUT2D eigenvalue weighted by molar-refractivity contribution is 0.0926. The van der Waals surface area contributed by atoms with Crippen LogP contribution >= 0.6 is 11.3 Å². The first-order valence-corrected chi connectivity index (χ1v) is 8.22. The predicted octanol–water partition coefficient (Wildman–Crippen LogP) is 2.86. The average Bonchev–Trinajstić information content (AvgIpc) is 2.77. The molecule has 0 radical (unpaired) electrons. The summed E-state index contributed by atoms with van der Waals surface area (Å²) in [5.74, 6) is 0.938. The van der Waals surface area contributed by atoms with Gasteiger partial charge in [-0.05, 0) is 25.2 Å². The minimum Gasteiger partial charge on any atom is -0.382 e. The summed E-state index contributed by atoms with van der Waals surface area (Å²) < 4.78 is 0. The highest BCUT2D eigenvalue weighted by Gasteiger charge is 2.23. The van der Waals surface area contributed by atoms with Crippen LogP contribution in [0.25, 0.3) is 0 Å². The van der Waals surface area contributed by atoms with Crippen molar-refractivity contribution in [2.24, 2.45) is 5.92 Å². The molecule has 2 rings (SSSR count). The van der Waals surface area contributed by atoms with Crippen LogP contribution in [0.1, 0.15) is 55.6 Å². The zero-order valence-corrected chi connectivity index (χ0v) is 13.1. The van der Waals surface area contributed by atoms with E-state index in [0.29, 0.717) is 16.6 Å². The molecule has 0 saturated heterocycles. The monoisotopic (exact) mass is 296 g/mol. The van der Waals surface area contributed by atoms with Gasteiger partial charge in [0.2, 0.25) is 0 Å². The van der Waals surface area contributed by atoms with E-state index < -0.39 is 0 Å². The first kappa shape index (κ1) is 15.1. The normalized spacial score (nSPS) is 22.5. The molecule has 0 spiro atoms. The summed E-state index contributed by atoms with van der Waals surface area (Å²) >= 11 is 1.34. The Morgan fingerprint density at radius 3 is 3.00 bits per heavy atom. The Labute approximate surface area is 124 Å². The molecule has 1 saturated carbocycles. The standard InChI is InChI=1S/C14H24N4OS/c1-3-7-16-14-18-12(15)11(20-14)13(19)17-10-6-4-5-9(2)8-10/h9-10H,3-8,15H2,1-2H3,(H,16,18)(H,17,19). The van der Waals surface area contributed by atoms with E-state index in [1.165, 1.54) is 24.2 Å². The number of nitrogens with one attached hydrogen (secondary N) is 2. The molecule has 20 heavy (non-hydrogen) atoms. The summed E-state index contributed by atoms with van der Waals surface area (Å²) in [5, 5.41) is 7.00. The van der Waals surface area contributed by atoms with Gasteiger partial charge in [-0.15, -0.1) is 0 Å². The Hall–Kier alpha value is -1.30. The number of rotatable bonds is 5. The van der Waals surface area contributed by atoms with E-state index in [2.05, 4.69) is 29.5 Å². The first-order valence-electron chi connectivity index (χ1n) is 7.41. The van der Waals surface area contributed by atoms with E-state index in [1.54, 1.807) is 0 Å². The van der Waals surface area contributed by atoms with Gasteiger partial charge in [0.1, 0.15) is 10.7 Å². The van der Waals surface area contributed by atoms with Crippen LogP contribution in [0.3, 0.4) is 0 Å². The number of carbonyl (C=O) groups excluding carboxylic acids is 1. The minimum atomic E-state index is -0.0800. The Morgan fingerprint density at radius 1 is 1.50 bits per heavy atom. The van der Waals surface area contributed by atoms with Crippen molar-refractivity contribution in [1.82, 2.24) is 10.3 Å². The van der Waals surface area contributed by atoms with Crippen LogP contribution in [-0.2, 0) is 0 Å². The van der Waals surface area contributed by atoms with Gasteiger partial charge >= 0.3 is 0 Å². The van der Waals surface area contributed by atoms with Crippen LogP contribution in [0.15, 0.2) is 0 Å². The van der Waals surface area contributed by atoms with Gasteiger partial charge in [0.25, 0.3) is 5.91 Å². The molecule has 2 unspecified atom stereocenters. The predicted molar refractivity (Wildman–Crippen MR) is 84.2 cm³/mol. The summed E-state index contributed by atoms with van der Waals surface area (Å²) in [6, 6.07) is 0.278. The lowest BCUT2D eigenvalue weighted by Crippen LogP contribution is -2.37. The lowest BCUT2D eigenvalue weighted by atomic mass is 9.87. The number of nitrogen functional groups attached to an aromatic ring is 1. The average molecular weight is 296 g/mol. The van der Waals surface area contributed by atoms with Crippen molar-refractivity contribution in [3.05, 3.63) is 4.88 Å². The highest BCUT2D eigenvalue weighted by Crippen LogP contribution is 2.27. The highest BCUT2D eigenvalue weighted by atomic mass is 32.1. The second-order valence-corrected chi connectivity index (χ2v) is 6.60. The molecule has 5 nitrogen and oxygen atoms in total. The maximum atomic E-state index is 12.3. The molecule has 1 aromatic rings. The van der Waals surface area contributed by atoms with Gasteiger partial charge in [-0.1, -0.05) is 38.0 Å². The van der Waals surface area contributed by atoms with Crippen LogP contribution < -0.4 is 16.4 Å². The SMILES string of the molecule is CCCNc1nc(N)c(C(=O)NC2CCCC(C)C2)s1. The number of anilines is 2. The largest absolute Gasteiger partial charge is 0.382 e. The smallest absolute Gasteiger partial charge is 0.265 e. The summed E-state index contributed by atoms with van der Waals surface area (Å²) in [5.41, 5.74) is 5.84. The Kier molecular flexibility index (Phi) is 5.23. The fraction of sp³-hybridized carbons (Fsp3) is 0.714. The molecule has 1 aliphatic rings. The Bertz CT molecular complexity index is 460. The molecule has 0 aromatic carbocycles. The molecule has 1 aromatic heterocycles. The molecule has 1 fully saturated rings. The molecular weight excluding hydrogens is 272 g/mol. The first-order chi connectivity index (χ1) is 9.60. The van der Waals surface area contributed by atoms with E-state index in [1.807, 2.05) is 0 Å². The molecule has 0 aliphatic heterocycles. The summed E-state index contributed by atoms with van der Waals surface area (Å²) in [4.78, 5) is 17.0. The van der Waals surface area contributed by atoms with E-state index in [4.69, 9.17) is 5.73 Å². The second-order valence-electron chi connectivity index (χ2n) is 5.60. The zero-order chi connectivity index (χ0) is 14.5. The van der Waals surface area contributed by atoms with Crippen molar-refractivity contribution in [2.45, 2.75) is 52.0 Å². The molecule has 4 N–H and O–H groups in total. The van der Waals surface area contributed by atoms with Crippen LogP contribution in [0, 0.1) is 5.92 Å². The lowest BCUT2D eigenvalue weighted by Gasteiger charge is -2.27. The van der Waals surface area contributed by atoms with Gasteiger partial charge in [-0.3, -0.25) is 4.79 Å². The van der Waals surface area contributed by atoms with Crippen molar-refractivity contribution in [3.8, 4) is 0 Å². The quantitative estimate of drug-likeness (QED) is 0.780. The third-order valence-corrected chi connectivity index (χ3v) is 4.69. The highest BCUT2D eigenvalue weighted by molar-refractivity contribution is 7.18. The van der Waals surface area contributed by atoms with Crippen molar-refractivity contribution < 1.29 is 4.79 Å². The number of amides is 1. The number of carbonyl (C=O) groups is 1. The molecule has 1 heterocycles. The van der Waals surface area contributed by atoms with Crippen LogP contribution in [0.5, 0.6) is 0 Å². The molecule has 0 bridgehead atoms. The second kappa shape index (κ2) is 6.92. The van der Waals surface area contributed by atoms with Gasteiger partial charge in [0.05, 0.1) is 0 Å². The van der Waals surface area contributed by atoms with E-state index in [0.717, 1.165) is 30.9 Å². The fourth-order valence-electron chi connectivity index (χ4n) is 2.62. The van der Waals surface area contributed by atoms with Crippen LogP contribution in [0.4, 0.5) is 10.9 Å². The van der Waals surface area contributed by atoms with Gasteiger partial charge in [0.15, 0.2) is 5.13 Å². The van der Waals surface area contributed by atoms with E-state index in [9.17, 15) is 4.79 Å².